The average molecular weight is 281 g/mol. The second kappa shape index (κ2) is 7.78. The molecule has 1 aliphatic heterocycles. The second-order valence-corrected chi connectivity index (χ2v) is 5.82. The van der Waals surface area contributed by atoms with Gasteiger partial charge in [-0.05, 0) is 31.6 Å². The largest absolute Gasteiger partial charge is 0.493 e. The number of aliphatic hydroxyl groups is 1. The van der Waals surface area contributed by atoms with Crippen molar-refractivity contribution >= 4 is 11.8 Å². The van der Waals surface area contributed by atoms with Crippen LogP contribution in [0.4, 0.5) is 0 Å². The zero-order valence-corrected chi connectivity index (χ0v) is 12.3. The van der Waals surface area contributed by atoms with E-state index in [1.54, 1.807) is 0 Å². The molecular weight excluding hydrogens is 258 g/mol. The Morgan fingerprint density at radius 1 is 1.47 bits per heavy atom. The van der Waals surface area contributed by atoms with Gasteiger partial charge in [-0.25, -0.2) is 0 Å². The average Bonchev–Trinajstić information content (AvgIpc) is 2.62. The first-order valence-corrected chi connectivity index (χ1v) is 8.32. The first kappa shape index (κ1) is 14.7. The summed E-state index contributed by atoms with van der Waals surface area (Å²) < 4.78 is 5.79. The first-order valence-electron chi connectivity index (χ1n) is 6.92. The van der Waals surface area contributed by atoms with Crippen molar-refractivity contribution in [1.82, 2.24) is 5.32 Å². The highest BCUT2D eigenvalue weighted by Gasteiger charge is 2.21. The van der Waals surface area contributed by atoms with Gasteiger partial charge in [0, 0.05) is 30.0 Å². The maximum atomic E-state index is 9.17. The van der Waals surface area contributed by atoms with Crippen LogP contribution in [0, 0.1) is 0 Å². The standard InChI is InChI=1S/C15H23NO2S/c1-19-11-12(8-9-17)16-14-6-4-10-18-15-7-3-2-5-13(14)15/h2-3,5,7,12,14,16-17H,4,6,8-11H2,1H3. The van der Waals surface area contributed by atoms with Gasteiger partial charge in [0.25, 0.3) is 0 Å². The topological polar surface area (TPSA) is 41.5 Å². The van der Waals surface area contributed by atoms with E-state index >= 15 is 0 Å². The van der Waals surface area contributed by atoms with Gasteiger partial charge in [0.1, 0.15) is 5.75 Å². The molecule has 106 valence electrons. The summed E-state index contributed by atoms with van der Waals surface area (Å²) in [6, 6.07) is 8.98. The zero-order valence-electron chi connectivity index (χ0n) is 11.5. The Hall–Kier alpha value is -0.710. The fourth-order valence-corrected chi connectivity index (χ4v) is 3.22. The lowest BCUT2D eigenvalue weighted by Gasteiger charge is -2.25. The SMILES string of the molecule is CSCC(CCO)NC1CCCOc2ccccc21. The molecule has 0 amide bonds. The number of hydrogen-bond donors (Lipinski definition) is 2. The van der Waals surface area contributed by atoms with Crippen molar-refractivity contribution in [3.8, 4) is 5.75 Å². The third-order valence-electron chi connectivity index (χ3n) is 3.47. The van der Waals surface area contributed by atoms with Crippen molar-refractivity contribution in [3.05, 3.63) is 29.8 Å². The molecular formula is C15H23NO2S. The van der Waals surface area contributed by atoms with Crippen molar-refractivity contribution < 1.29 is 9.84 Å². The Kier molecular flexibility index (Phi) is 6.01. The number of nitrogens with one attached hydrogen (secondary N) is 1. The molecule has 0 saturated heterocycles. The summed E-state index contributed by atoms with van der Waals surface area (Å²) >= 11 is 1.82. The van der Waals surface area contributed by atoms with E-state index in [0.717, 1.165) is 37.4 Å². The van der Waals surface area contributed by atoms with Crippen LogP contribution in [-0.2, 0) is 0 Å². The summed E-state index contributed by atoms with van der Waals surface area (Å²) in [7, 11) is 0. The van der Waals surface area contributed by atoms with E-state index in [-0.39, 0.29) is 6.61 Å². The van der Waals surface area contributed by atoms with Gasteiger partial charge in [0.15, 0.2) is 0 Å². The molecule has 1 heterocycles. The Labute approximate surface area is 119 Å². The molecule has 1 aromatic rings. The molecule has 4 heteroatoms. The lowest BCUT2D eigenvalue weighted by molar-refractivity contribution is 0.262. The Balaban J connectivity index is 2.10. The normalized spacial score (nSPS) is 20.2. The summed E-state index contributed by atoms with van der Waals surface area (Å²) in [5.41, 5.74) is 1.25. The summed E-state index contributed by atoms with van der Waals surface area (Å²) in [5.74, 6) is 2.03. The van der Waals surface area contributed by atoms with Crippen LogP contribution in [0.1, 0.15) is 30.9 Å². The zero-order chi connectivity index (χ0) is 13.5. The molecule has 1 aromatic carbocycles. The van der Waals surface area contributed by atoms with Crippen molar-refractivity contribution in [1.29, 1.82) is 0 Å². The lowest BCUT2D eigenvalue weighted by Crippen LogP contribution is -2.35. The highest BCUT2D eigenvalue weighted by atomic mass is 32.2. The molecule has 0 fully saturated rings. The quantitative estimate of drug-likeness (QED) is 0.841. The fourth-order valence-electron chi connectivity index (χ4n) is 2.55. The highest BCUT2D eigenvalue weighted by molar-refractivity contribution is 7.98. The number of rotatable bonds is 6. The van der Waals surface area contributed by atoms with E-state index in [2.05, 4.69) is 23.7 Å². The first-order chi connectivity index (χ1) is 9.35. The molecule has 0 saturated carbocycles. The van der Waals surface area contributed by atoms with Gasteiger partial charge in [0.05, 0.1) is 6.61 Å². The molecule has 0 spiro atoms. The molecule has 0 bridgehead atoms. The molecule has 3 nitrogen and oxygen atoms in total. The maximum Gasteiger partial charge on any atom is 0.124 e. The van der Waals surface area contributed by atoms with E-state index in [4.69, 9.17) is 9.84 Å². The second-order valence-electron chi connectivity index (χ2n) is 4.91. The van der Waals surface area contributed by atoms with Crippen LogP contribution in [-0.4, -0.2) is 36.4 Å². The predicted molar refractivity (Wildman–Crippen MR) is 80.9 cm³/mol. The van der Waals surface area contributed by atoms with Crippen molar-refractivity contribution in [3.63, 3.8) is 0 Å². The van der Waals surface area contributed by atoms with E-state index < -0.39 is 0 Å². The number of thioether (sulfide) groups is 1. The molecule has 2 N–H and O–H groups in total. The molecule has 0 radical (unpaired) electrons. The molecule has 0 aromatic heterocycles. The van der Waals surface area contributed by atoms with Gasteiger partial charge in [-0.2, -0.15) is 11.8 Å². The van der Waals surface area contributed by atoms with Gasteiger partial charge in [-0.15, -0.1) is 0 Å². The Morgan fingerprint density at radius 3 is 3.11 bits per heavy atom. The molecule has 0 aliphatic carbocycles. The molecule has 1 aliphatic rings. The van der Waals surface area contributed by atoms with Crippen LogP contribution in [0.2, 0.25) is 0 Å². The Bertz CT molecular complexity index is 380. The Morgan fingerprint density at radius 2 is 2.32 bits per heavy atom. The molecule has 2 atom stereocenters. The monoisotopic (exact) mass is 281 g/mol. The van der Waals surface area contributed by atoms with Gasteiger partial charge in [0.2, 0.25) is 0 Å². The number of fused-ring (bicyclic) bond motifs is 1. The van der Waals surface area contributed by atoms with Crippen LogP contribution < -0.4 is 10.1 Å². The lowest BCUT2D eigenvalue weighted by atomic mass is 10.0. The van der Waals surface area contributed by atoms with Gasteiger partial charge in [-0.3, -0.25) is 0 Å². The van der Waals surface area contributed by atoms with Gasteiger partial charge >= 0.3 is 0 Å². The molecule has 2 unspecified atom stereocenters. The van der Waals surface area contributed by atoms with E-state index in [1.165, 1.54) is 5.56 Å². The summed E-state index contributed by atoms with van der Waals surface area (Å²) in [5, 5.41) is 12.9. The van der Waals surface area contributed by atoms with Crippen molar-refractivity contribution in [2.75, 3.05) is 25.2 Å². The van der Waals surface area contributed by atoms with Gasteiger partial charge < -0.3 is 15.2 Å². The third-order valence-corrected chi connectivity index (χ3v) is 4.21. The predicted octanol–water partition coefficient (Wildman–Crippen LogP) is 2.60. The number of benzene rings is 1. The maximum absolute atomic E-state index is 9.17. The molecule has 19 heavy (non-hydrogen) atoms. The fraction of sp³-hybridized carbons (Fsp3) is 0.600. The van der Waals surface area contributed by atoms with Crippen molar-refractivity contribution in [2.45, 2.75) is 31.3 Å². The van der Waals surface area contributed by atoms with Gasteiger partial charge in [-0.1, -0.05) is 18.2 Å². The van der Waals surface area contributed by atoms with Crippen molar-refractivity contribution in [2.24, 2.45) is 0 Å². The number of ether oxygens (including phenoxy) is 1. The van der Waals surface area contributed by atoms with E-state index in [0.29, 0.717) is 12.1 Å². The number of hydrogen-bond acceptors (Lipinski definition) is 4. The third kappa shape index (κ3) is 4.13. The van der Waals surface area contributed by atoms with E-state index in [9.17, 15) is 0 Å². The summed E-state index contributed by atoms with van der Waals surface area (Å²) in [6.07, 6.45) is 5.07. The minimum Gasteiger partial charge on any atom is -0.493 e. The number of aliphatic hydroxyl groups excluding tert-OH is 1. The van der Waals surface area contributed by atoms with Crippen LogP contribution >= 0.6 is 11.8 Å². The highest BCUT2D eigenvalue weighted by Crippen LogP contribution is 2.31. The minimum atomic E-state index is 0.239. The number of para-hydroxylation sites is 1. The minimum absolute atomic E-state index is 0.239. The van der Waals surface area contributed by atoms with Crippen LogP contribution in [0.5, 0.6) is 5.75 Å². The smallest absolute Gasteiger partial charge is 0.124 e. The summed E-state index contributed by atoms with van der Waals surface area (Å²) in [4.78, 5) is 0. The van der Waals surface area contributed by atoms with E-state index in [1.807, 2.05) is 23.9 Å². The van der Waals surface area contributed by atoms with Crippen LogP contribution in [0.15, 0.2) is 24.3 Å². The van der Waals surface area contributed by atoms with Crippen LogP contribution in [0.3, 0.4) is 0 Å². The summed E-state index contributed by atoms with van der Waals surface area (Å²) in [6.45, 7) is 1.03. The van der Waals surface area contributed by atoms with Crippen LogP contribution in [0.25, 0.3) is 0 Å². The molecule has 2 rings (SSSR count).